The molecule has 2 N–H and O–H groups in total. The van der Waals surface area contributed by atoms with Crippen LogP contribution in [0.2, 0.25) is 0 Å². The fourth-order valence-corrected chi connectivity index (χ4v) is 4.63. The van der Waals surface area contributed by atoms with Crippen molar-refractivity contribution in [2.45, 2.75) is 43.0 Å². The topological polar surface area (TPSA) is 83.5 Å². The van der Waals surface area contributed by atoms with Crippen molar-refractivity contribution in [3.8, 4) is 0 Å². The first-order chi connectivity index (χ1) is 12.3. The van der Waals surface area contributed by atoms with Gasteiger partial charge in [-0.1, -0.05) is 18.2 Å². The van der Waals surface area contributed by atoms with Crippen LogP contribution in [-0.2, 0) is 34.1 Å². The van der Waals surface area contributed by atoms with Crippen molar-refractivity contribution in [2.24, 2.45) is 0 Å². The molecular formula is C19H20FNO4S. The molecule has 2 aromatic rings. The maximum absolute atomic E-state index is 13.0. The summed E-state index contributed by atoms with van der Waals surface area (Å²) < 4.78 is 40.6. The third-order valence-electron chi connectivity index (χ3n) is 4.63. The first-order valence-electron chi connectivity index (χ1n) is 8.44. The lowest BCUT2D eigenvalue weighted by atomic mass is 9.85. The molecule has 1 atom stereocenters. The number of rotatable bonds is 6. The number of benzene rings is 2. The average molecular weight is 377 g/mol. The normalized spacial score (nSPS) is 16.9. The fraction of sp³-hybridized carbons (Fsp3) is 0.316. The number of nitrogens with one attached hydrogen (secondary N) is 1. The van der Waals surface area contributed by atoms with Gasteiger partial charge in [0.1, 0.15) is 5.82 Å². The third kappa shape index (κ3) is 4.28. The van der Waals surface area contributed by atoms with Gasteiger partial charge in [-0.3, -0.25) is 4.79 Å². The highest BCUT2D eigenvalue weighted by Crippen LogP contribution is 2.26. The molecule has 0 aliphatic heterocycles. The number of aliphatic carboxylic acids is 1. The van der Waals surface area contributed by atoms with Crippen LogP contribution in [0, 0.1) is 5.82 Å². The van der Waals surface area contributed by atoms with E-state index in [9.17, 15) is 17.6 Å². The number of aryl methyl sites for hydroxylation is 1. The Kier molecular flexibility index (Phi) is 5.38. The first kappa shape index (κ1) is 18.5. The maximum atomic E-state index is 13.0. The summed E-state index contributed by atoms with van der Waals surface area (Å²) in [5.74, 6) is -1.31. The van der Waals surface area contributed by atoms with Crippen LogP contribution in [0.5, 0.6) is 0 Å². The van der Waals surface area contributed by atoms with Crippen LogP contribution in [0.4, 0.5) is 4.39 Å². The second-order valence-corrected chi connectivity index (χ2v) is 8.18. The van der Waals surface area contributed by atoms with Gasteiger partial charge in [0.15, 0.2) is 0 Å². The zero-order valence-corrected chi connectivity index (χ0v) is 14.9. The Morgan fingerprint density at radius 2 is 1.92 bits per heavy atom. The minimum absolute atomic E-state index is 0.0416. The van der Waals surface area contributed by atoms with E-state index in [4.69, 9.17) is 5.11 Å². The van der Waals surface area contributed by atoms with Crippen molar-refractivity contribution in [3.63, 3.8) is 0 Å². The van der Waals surface area contributed by atoms with Crippen molar-refractivity contribution in [2.75, 3.05) is 0 Å². The quantitative estimate of drug-likeness (QED) is 0.811. The number of halogens is 1. The third-order valence-corrected chi connectivity index (χ3v) is 6.17. The summed E-state index contributed by atoms with van der Waals surface area (Å²) in [6.45, 7) is 0. The molecule has 2 aromatic carbocycles. The molecule has 26 heavy (non-hydrogen) atoms. The highest BCUT2D eigenvalue weighted by Gasteiger charge is 2.25. The van der Waals surface area contributed by atoms with E-state index < -0.39 is 21.8 Å². The SMILES string of the molecule is O=C(O)CCc1cccc2c1CCC(NS(=O)(=O)c1ccc(F)cc1)C2. The van der Waals surface area contributed by atoms with Crippen LogP contribution in [0.1, 0.15) is 29.5 Å². The molecule has 1 unspecified atom stereocenters. The van der Waals surface area contributed by atoms with Gasteiger partial charge in [-0.15, -0.1) is 0 Å². The zero-order chi connectivity index (χ0) is 18.7. The minimum atomic E-state index is -3.71. The number of carboxylic acids is 1. The molecule has 0 aromatic heterocycles. The summed E-state index contributed by atoms with van der Waals surface area (Å²) in [7, 11) is -3.71. The molecule has 0 amide bonds. The van der Waals surface area contributed by atoms with E-state index in [1.807, 2.05) is 18.2 Å². The van der Waals surface area contributed by atoms with Gasteiger partial charge in [-0.25, -0.2) is 17.5 Å². The monoisotopic (exact) mass is 377 g/mol. The van der Waals surface area contributed by atoms with Crippen LogP contribution in [0.15, 0.2) is 47.4 Å². The van der Waals surface area contributed by atoms with E-state index in [-0.39, 0.29) is 17.4 Å². The van der Waals surface area contributed by atoms with Crippen LogP contribution < -0.4 is 4.72 Å². The molecule has 1 aliphatic rings. The second-order valence-electron chi connectivity index (χ2n) is 6.46. The average Bonchev–Trinajstić information content (AvgIpc) is 2.59. The summed E-state index contributed by atoms with van der Waals surface area (Å²) in [5.41, 5.74) is 3.20. The van der Waals surface area contributed by atoms with Crippen molar-refractivity contribution < 1.29 is 22.7 Å². The number of hydrogen-bond donors (Lipinski definition) is 2. The van der Waals surface area contributed by atoms with Gasteiger partial charge >= 0.3 is 5.97 Å². The highest BCUT2D eigenvalue weighted by atomic mass is 32.2. The van der Waals surface area contributed by atoms with Gasteiger partial charge in [-0.05, 0) is 66.6 Å². The van der Waals surface area contributed by atoms with E-state index >= 15 is 0 Å². The Labute approximate surface area is 151 Å². The Morgan fingerprint density at radius 1 is 1.19 bits per heavy atom. The molecule has 0 bridgehead atoms. The zero-order valence-electron chi connectivity index (χ0n) is 14.1. The predicted molar refractivity (Wildman–Crippen MR) is 94.9 cm³/mol. The predicted octanol–water partition coefficient (Wildman–Crippen LogP) is 2.68. The maximum Gasteiger partial charge on any atom is 0.303 e. The standard InChI is InChI=1S/C19H20FNO4S/c20-15-5-8-17(9-6-15)26(24,25)21-16-7-10-18-13(4-11-19(22)23)2-1-3-14(18)12-16/h1-3,5-6,8-9,16,21H,4,7,10-12H2,(H,22,23). The summed E-state index contributed by atoms with van der Waals surface area (Å²) in [6, 6.07) is 10.3. The van der Waals surface area contributed by atoms with Crippen LogP contribution in [0.25, 0.3) is 0 Å². The lowest BCUT2D eigenvalue weighted by Gasteiger charge is -2.27. The molecule has 1 aliphatic carbocycles. The van der Waals surface area contributed by atoms with E-state index in [0.717, 1.165) is 28.8 Å². The summed E-state index contributed by atoms with van der Waals surface area (Å²) in [4.78, 5) is 10.8. The van der Waals surface area contributed by atoms with E-state index in [2.05, 4.69) is 4.72 Å². The number of hydrogen-bond acceptors (Lipinski definition) is 3. The van der Waals surface area contributed by atoms with Crippen LogP contribution in [-0.4, -0.2) is 25.5 Å². The number of fused-ring (bicyclic) bond motifs is 1. The number of carbonyl (C=O) groups is 1. The van der Waals surface area contributed by atoms with Crippen molar-refractivity contribution in [3.05, 3.63) is 65.0 Å². The van der Waals surface area contributed by atoms with Gasteiger partial charge in [0, 0.05) is 12.5 Å². The largest absolute Gasteiger partial charge is 0.481 e. The molecule has 5 nitrogen and oxygen atoms in total. The molecule has 0 saturated carbocycles. The Balaban J connectivity index is 1.73. The number of sulfonamides is 1. The summed E-state index contributed by atoms with van der Waals surface area (Å²) >= 11 is 0. The molecule has 7 heteroatoms. The van der Waals surface area contributed by atoms with Gasteiger partial charge in [0.2, 0.25) is 10.0 Å². The highest BCUT2D eigenvalue weighted by molar-refractivity contribution is 7.89. The summed E-state index contributed by atoms with van der Waals surface area (Å²) in [5, 5.41) is 8.87. The molecule has 0 fully saturated rings. The lowest BCUT2D eigenvalue weighted by molar-refractivity contribution is -0.136. The van der Waals surface area contributed by atoms with Crippen LogP contribution in [0.3, 0.4) is 0 Å². The van der Waals surface area contributed by atoms with Gasteiger partial charge < -0.3 is 5.11 Å². The molecule has 0 saturated heterocycles. The summed E-state index contributed by atoms with van der Waals surface area (Å²) in [6.07, 6.45) is 2.44. The van der Waals surface area contributed by atoms with E-state index in [0.29, 0.717) is 25.7 Å². The second kappa shape index (κ2) is 7.55. The number of carboxylic acid groups (broad SMARTS) is 1. The first-order valence-corrected chi connectivity index (χ1v) is 9.93. The molecule has 0 spiro atoms. The molecule has 138 valence electrons. The van der Waals surface area contributed by atoms with Gasteiger partial charge in [-0.2, -0.15) is 0 Å². The van der Waals surface area contributed by atoms with E-state index in [1.165, 1.54) is 12.1 Å². The Bertz CT molecular complexity index is 910. The lowest BCUT2D eigenvalue weighted by Crippen LogP contribution is -2.39. The van der Waals surface area contributed by atoms with Crippen molar-refractivity contribution >= 4 is 16.0 Å². The fourth-order valence-electron chi connectivity index (χ4n) is 3.36. The molecular weight excluding hydrogens is 357 g/mol. The van der Waals surface area contributed by atoms with Crippen LogP contribution >= 0.6 is 0 Å². The smallest absolute Gasteiger partial charge is 0.303 e. The minimum Gasteiger partial charge on any atom is -0.481 e. The molecule has 3 rings (SSSR count). The Hall–Kier alpha value is -2.25. The van der Waals surface area contributed by atoms with E-state index in [1.54, 1.807) is 0 Å². The van der Waals surface area contributed by atoms with Gasteiger partial charge in [0.25, 0.3) is 0 Å². The molecule has 0 radical (unpaired) electrons. The van der Waals surface area contributed by atoms with Gasteiger partial charge in [0.05, 0.1) is 4.90 Å². The Morgan fingerprint density at radius 3 is 2.62 bits per heavy atom. The van der Waals surface area contributed by atoms with Crippen molar-refractivity contribution in [1.29, 1.82) is 0 Å². The molecule has 0 heterocycles. The van der Waals surface area contributed by atoms with Crippen molar-refractivity contribution in [1.82, 2.24) is 4.72 Å².